The van der Waals surface area contributed by atoms with Crippen molar-refractivity contribution in [1.29, 1.82) is 0 Å². The quantitative estimate of drug-likeness (QED) is 0.119. The van der Waals surface area contributed by atoms with Gasteiger partial charge in [-0.1, -0.05) is 41.7 Å². The van der Waals surface area contributed by atoms with E-state index in [0.717, 1.165) is 12.2 Å². The van der Waals surface area contributed by atoms with E-state index in [1.54, 1.807) is 0 Å². The van der Waals surface area contributed by atoms with Gasteiger partial charge in [0.05, 0.1) is 82.4 Å². The SMILES string of the molecule is CC(I)NCCOCCOCCOCCOCCOCCn1cc(C(C)C)nn1. The minimum Gasteiger partial charge on any atom is -0.378 e. The van der Waals surface area contributed by atoms with Crippen molar-refractivity contribution in [2.75, 3.05) is 72.6 Å². The number of nitrogens with one attached hydrogen (secondary N) is 1. The second-order valence-electron chi connectivity index (χ2n) is 6.69. The molecule has 0 aromatic carbocycles. The summed E-state index contributed by atoms with van der Waals surface area (Å²) < 4.78 is 29.6. The van der Waals surface area contributed by atoms with Gasteiger partial charge in [-0.25, -0.2) is 4.68 Å². The molecule has 0 aliphatic carbocycles. The van der Waals surface area contributed by atoms with E-state index in [-0.39, 0.29) is 0 Å². The summed E-state index contributed by atoms with van der Waals surface area (Å²) in [6.07, 6.45) is 1.96. The number of aromatic nitrogens is 3. The number of hydrogen-bond donors (Lipinski definition) is 1. The van der Waals surface area contributed by atoms with E-state index in [4.69, 9.17) is 23.7 Å². The van der Waals surface area contributed by atoms with Crippen molar-refractivity contribution in [3.05, 3.63) is 11.9 Å². The topological polar surface area (TPSA) is 88.9 Å². The number of hydrogen-bond acceptors (Lipinski definition) is 8. The second-order valence-corrected chi connectivity index (χ2v) is 8.56. The van der Waals surface area contributed by atoms with Crippen molar-refractivity contribution >= 4 is 22.6 Å². The van der Waals surface area contributed by atoms with Crippen molar-refractivity contribution in [3.8, 4) is 0 Å². The third-order valence-corrected chi connectivity index (χ3v) is 4.21. The Morgan fingerprint density at radius 3 is 1.76 bits per heavy atom. The van der Waals surface area contributed by atoms with Gasteiger partial charge in [-0.2, -0.15) is 0 Å². The molecule has 1 atom stereocenters. The van der Waals surface area contributed by atoms with Crippen LogP contribution in [0.2, 0.25) is 0 Å². The Hall–Kier alpha value is -0.370. The molecule has 1 unspecified atom stereocenters. The highest BCUT2D eigenvalue weighted by Crippen LogP contribution is 2.08. The predicted molar refractivity (Wildman–Crippen MR) is 120 cm³/mol. The summed E-state index contributed by atoms with van der Waals surface area (Å²) in [6.45, 7) is 13.7. The third-order valence-electron chi connectivity index (χ3n) is 3.77. The monoisotopic (exact) mass is 528 g/mol. The van der Waals surface area contributed by atoms with Crippen LogP contribution in [0.1, 0.15) is 32.4 Å². The first-order valence-corrected chi connectivity index (χ1v) is 11.5. The molecule has 170 valence electrons. The largest absolute Gasteiger partial charge is 0.378 e. The molecule has 1 aromatic heterocycles. The Bertz CT molecular complexity index is 491. The molecular formula is C19H37IN4O5. The number of halogens is 1. The summed E-state index contributed by atoms with van der Waals surface area (Å²) in [7, 11) is 0. The minimum atomic E-state index is 0.392. The van der Waals surface area contributed by atoms with E-state index < -0.39 is 0 Å². The maximum atomic E-state index is 5.54. The fourth-order valence-electron chi connectivity index (χ4n) is 2.16. The molecule has 0 aliphatic heterocycles. The van der Waals surface area contributed by atoms with Crippen LogP contribution in [0.4, 0.5) is 0 Å². The number of alkyl halides is 1. The van der Waals surface area contributed by atoms with Crippen LogP contribution in [0.3, 0.4) is 0 Å². The Morgan fingerprint density at radius 1 is 0.828 bits per heavy atom. The predicted octanol–water partition coefficient (Wildman–Crippen LogP) is 1.86. The second kappa shape index (κ2) is 18.4. The lowest BCUT2D eigenvalue weighted by molar-refractivity contribution is -0.0113. The summed E-state index contributed by atoms with van der Waals surface area (Å²) in [5.74, 6) is 0.392. The summed E-state index contributed by atoms with van der Waals surface area (Å²) in [5.41, 5.74) is 1.00. The van der Waals surface area contributed by atoms with Gasteiger partial charge in [0.15, 0.2) is 0 Å². The van der Waals surface area contributed by atoms with Gasteiger partial charge in [-0.3, -0.25) is 0 Å². The molecule has 0 aliphatic rings. The zero-order valence-electron chi connectivity index (χ0n) is 18.0. The molecular weight excluding hydrogens is 491 g/mol. The van der Waals surface area contributed by atoms with Crippen molar-refractivity contribution in [2.45, 2.75) is 37.3 Å². The Labute approximate surface area is 188 Å². The van der Waals surface area contributed by atoms with E-state index >= 15 is 0 Å². The van der Waals surface area contributed by atoms with Gasteiger partial charge in [-0.15, -0.1) is 5.10 Å². The molecule has 1 heterocycles. The number of rotatable bonds is 20. The average Bonchev–Trinajstić information content (AvgIpc) is 3.16. The average molecular weight is 528 g/mol. The van der Waals surface area contributed by atoms with Crippen LogP contribution in [0.5, 0.6) is 0 Å². The van der Waals surface area contributed by atoms with Crippen LogP contribution < -0.4 is 5.32 Å². The lowest BCUT2D eigenvalue weighted by atomic mass is 10.2. The van der Waals surface area contributed by atoms with Crippen LogP contribution in [0.25, 0.3) is 0 Å². The van der Waals surface area contributed by atoms with Crippen LogP contribution in [-0.4, -0.2) is 91.7 Å². The third kappa shape index (κ3) is 16.0. The first-order chi connectivity index (χ1) is 14.1. The van der Waals surface area contributed by atoms with E-state index in [1.807, 2.05) is 10.9 Å². The van der Waals surface area contributed by atoms with Crippen LogP contribution in [-0.2, 0) is 30.2 Å². The number of ether oxygens (including phenoxy) is 5. The lowest BCUT2D eigenvalue weighted by Crippen LogP contribution is -2.25. The molecule has 0 saturated carbocycles. The highest BCUT2D eigenvalue weighted by atomic mass is 127. The summed E-state index contributed by atoms with van der Waals surface area (Å²) in [5, 5.41) is 11.5. The molecule has 0 spiro atoms. The maximum absolute atomic E-state index is 5.54. The maximum Gasteiger partial charge on any atom is 0.0852 e. The Morgan fingerprint density at radius 2 is 1.31 bits per heavy atom. The molecule has 10 heteroatoms. The van der Waals surface area contributed by atoms with Gasteiger partial charge in [-0.05, 0) is 12.8 Å². The lowest BCUT2D eigenvalue weighted by Gasteiger charge is -2.09. The Balaban J connectivity index is 1.74. The smallest absolute Gasteiger partial charge is 0.0852 e. The van der Waals surface area contributed by atoms with Gasteiger partial charge >= 0.3 is 0 Å². The molecule has 0 fully saturated rings. The molecule has 0 bridgehead atoms. The van der Waals surface area contributed by atoms with E-state index in [0.29, 0.717) is 82.6 Å². The van der Waals surface area contributed by atoms with E-state index in [9.17, 15) is 0 Å². The van der Waals surface area contributed by atoms with Crippen molar-refractivity contribution < 1.29 is 23.7 Å². The fraction of sp³-hybridized carbons (Fsp3) is 0.895. The minimum absolute atomic E-state index is 0.392. The molecule has 1 aromatic rings. The molecule has 1 N–H and O–H groups in total. The van der Waals surface area contributed by atoms with Crippen molar-refractivity contribution in [3.63, 3.8) is 0 Å². The standard InChI is InChI=1S/C19H37IN4O5/c1-17(2)19-16-24(23-22-19)5-7-26-9-11-28-13-15-29-14-12-27-10-8-25-6-4-21-18(3)20/h16-18,21H,4-15H2,1-3H3. The molecule has 0 radical (unpaired) electrons. The van der Waals surface area contributed by atoms with Crippen molar-refractivity contribution in [1.82, 2.24) is 20.3 Å². The van der Waals surface area contributed by atoms with Crippen LogP contribution >= 0.6 is 22.6 Å². The highest BCUT2D eigenvalue weighted by molar-refractivity contribution is 14.1. The van der Waals surface area contributed by atoms with Crippen molar-refractivity contribution in [2.24, 2.45) is 0 Å². The van der Waals surface area contributed by atoms with E-state index in [2.05, 4.69) is 59.0 Å². The van der Waals surface area contributed by atoms with Crippen LogP contribution in [0.15, 0.2) is 6.20 Å². The highest BCUT2D eigenvalue weighted by Gasteiger charge is 2.04. The normalized spacial score (nSPS) is 12.7. The Kier molecular flexibility index (Phi) is 16.9. The summed E-state index contributed by atoms with van der Waals surface area (Å²) in [6, 6.07) is 0. The van der Waals surface area contributed by atoms with Crippen LogP contribution in [0, 0.1) is 0 Å². The molecule has 1 rings (SSSR count). The molecule has 0 amide bonds. The van der Waals surface area contributed by atoms with Gasteiger partial charge in [0.2, 0.25) is 0 Å². The first-order valence-electron chi connectivity index (χ1n) is 10.3. The van der Waals surface area contributed by atoms with Gasteiger partial charge in [0.25, 0.3) is 0 Å². The van der Waals surface area contributed by atoms with Gasteiger partial charge < -0.3 is 29.0 Å². The fourth-order valence-corrected chi connectivity index (χ4v) is 2.47. The zero-order valence-corrected chi connectivity index (χ0v) is 20.1. The molecule has 29 heavy (non-hydrogen) atoms. The van der Waals surface area contributed by atoms with Gasteiger partial charge in [0, 0.05) is 12.7 Å². The zero-order chi connectivity index (χ0) is 21.2. The number of nitrogens with zero attached hydrogens (tertiary/aromatic N) is 3. The molecule has 0 saturated heterocycles. The summed E-state index contributed by atoms with van der Waals surface area (Å²) >= 11 is 2.32. The summed E-state index contributed by atoms with van der Waals surface area (Å²) in [4.78, 5) is 0. The molecule has 9 nitrogen and oxygen atoms in total. The van der Waals surface area contributed by atoms with Gasteiger partial charge in [0.1, 0.15) is 0 Å². The van der Waals surface area contributed by atoms with E-state index in [1.165, 1.54) is 0 Å². The first kappa shape index (κ1) is 26.7.